The Bertz CT molecular complexity index is 772. The number of hydrogen-bond donors (Lipinski definition) is 1. The molecule has 118 valence electrons. The quantitative estimate of drug-likeness (QED) is 0.908. The normalized spacial score (nSPS) is 13.1. The van der Waals surface area contributed by atoms with Gasteiger partial charge < -0.3 is 0 Å². The van der Waals surface area contributed by atoms with Crippen molar-refractivity contribution in [2.24, 2.45) is 0 Å². The first-order chi connectivity index (χ1) is 10.3. The van der Waals surface area contributed by atoms with E-state index >= 15 is 0 Å². The topological polar surface area (TPSA) is 46.2 Å². The fourth-order valence-electron chi connectivity index (χ4n) is 2.51. The van der Waals surface area contributed by atoms with E-state index in [9.17, 15) is 12.8 Å². The summed E-state index contributed by atoms with van der Waals surface area (Å²) in [7, 11) is -3.70. The molecule has 1 N–H and O–H groups in total. The van der Waals surface area contributed by atoms with Gasteiger partial charge >= 0.3 is 0 Å². The molecule has 0 aromatic heterocycles. The third kappa shape index (κ3) is 3.54. The Morgan fingerprint density at radius 2 is 1.77 bits per heavy atom. The molecule has 2 rings (SSSR count). The highest BCUT2D eigenvalue weighted by molar-refractivity contribution is 7.89. The third-order valence-electron chi connectivity index (χ3n) is 3.70. The molecule has 5 heteroatoms. The summed E-state index contributed by atoms with van der Waals surface area (Å²) in [4.78, 5) is 0.112. The Labute approximate surface area is 131 Å². The number of rotatable bonds is 5. The lowest BCUT2D eigenvalue weighted by Gasteiger charge is -2.20. The summed E-state index contributed by atoms with van der Waals surface area (Å²) in [6, 6.07) is 11.1. The SMILES string of the molecule is CC[C@H](NS(=O)(=O)c1ccc(F)cc1C)c1ccccc1C. The Hall–Kier alpha value is -1.72. The standard InChI is InChI=1S/C17H20FNO2S/c1-4-16(15-8-6-5-7-12(15)2)19-22(20,21)17-10-9-14(18)11-13(17)3/h5-11,16,19H,4H2,1-3H3/t16-/m0/s1. The summed E-state index contributed by atoms with van der Waals surface area (Å²) < 4.78 is 41.1. The molecule has 0 bridgehead atoms. The second-order valence-electron chi connectivity index (χ2n) is 5.35. The van der Waals surface area contributed by atoms with Gasteiger partial charge in [-0.3, -0.25) is 0 Å². The van der Waals surface area contributed by atoms with Crippen molar-refractivity contribution in [1.82, 2.24) is 4.72 Å². The number of benzene rings is 2. The van der Waals surface area contributed by atoms with Crippen molar-refractivity contribution < 1.29 is 12.8 Å². The molecule has 0 amide bonds. The minimum absolute atomic E-state index is 0.112. The molecule has 0 saturated heterocycles. The lowest BCUT2D eigenvalue weighted by molar-refractivity contribution is 0.548. The van der Waals surface area contributed by atoms with Gasteiger partial charge in [0.2, 0.25) is 10.0 Å². The average molecular weight is 321 g/mol. The maximum absolute atomic E-state index is 13.2. The first-order valence-electron chi connectivity index (χ1n) is 7.19. The van der Waals surface area contributed by atoms with Crippen molar-refractivity contribution in [2.45, 2.75) is 38.1 Å². The van der Waals surface area contributed by atoms with Gasteiger partial charge in [0, 0.05) is 6.04 Å². The number of aryl methyl sites for hydroxylation is 2. The molecular weight excluding hydrogens is 301 g/mol. The van der Waals surface area contributed by atoms with Crippen molar-refractivity contribution in [3.05, 3.63) is 65.0 Å². The van der Waals surface area contributed by atoms with E-state index in [-0.39, 0.29) is 10.9 Å². The minimum atomic E-state index is -3.70. The second-order valence-corrected chi connectivity index (χ2v) is 7.03. The van der Waals surface area contributed by atoms with E-state index in [0.29, 0.717) is 12.0 Å². The molecule has 0 spiro atoms. The van der Waals surface area contributed by atoms with E-state index in [2.05, 4.69) is 4.72 Å². The smallest absolute Gasteiger partial charge is 0.207 e. The van der Waals surface area contributed by atoms with Crippen molar-refractivity contribution >= 4 is 10.0 Å². The molecule has 0 fully saturated rings. The number of sulfonamides is 1. The zero-order chi connectivity index (χ0) is 16.3. The molecule has 0 aliphatic heterocycles. The largest absolute Gasteiger partial charge is 0.241 e. The van der Waals surface area contributed by atoms with Crippen LogP contribution < -0.4 is 4.72 Å². The maximum Gasteiger partial charge on any atom is 0.241 e. The summed E-state index contributed by atoms with van der Waals surface area (Å²) in [5.74, 6) is -0.442. The van der Waals surface area contributed by atoms with Gasteiger partial charge in [0.25, 0.3) is 0 Å². The summed E-state index contributed by atoms with van der Waals surface area (Å²) in [6.45, 7) is 5.47. The first-order valence-corrected chi connectivity index (χ1v) is 8.67. The Morgan fingerprint density at radius 3 is 2.36 bits per heavy atom. The molecule has 3 nitrogen and oxygen atoms in total. The summed E-state index contributed by atoms with van der Waals surface area (Å²) in [5, 5.41) is 0. The molecule has 0 heterocycles. The zero-order valence-electron chi connectivity index (χ0n) is 12.9. The van der Waals surface area contributed by atoms with Crippen LogP contribution in [0.15, 0.2) is 47.4 Å². The highest BCUT2D eigenvalue weighted by Crippen LogP contribution is 2.24. The number of nitrogens with one attached hydrogen (secondary N) is 1. The van der Waals surface area contributed by atoms with Crippen LogP contribution >= 0.6 is 0 Å². The third-order valence-corrected chi connectivity index (χ3v) is 5.33. The highest BCUT2D eigenvalue weighted by atomic mass is 32.2. The lowest BCUT2D eigenvalue weighted by atomic mass is 10.0. The molecule has 0 aliphatic rings. The van der Waals surface area contributed by atoms with Crippen molar-refractivity contribution in [3.8, 4) is 0 Å². The van der Waals surface area contributed by atoms with Crippen LogP contribution in [0.4, 0.5) is 4.39 Å². The second kappa shape index (κ2) is 6.58. The Kier molecular flexibility index (Phi) is 4.98. The van der Waals surface area contributed by atoms with Gasteiger partial charge in [0.05, 0.1) is 4.90 Å². The van der Waals surface area contributed by atoms with Gasteiger partial charge in [-0.2, -0.15) is 0 Å². The molecule has 0 saturated carbocycles. The van der Waals surface area contributed by atoms with Crippen molar-refractivity contribution in [2.75, 3.05) is 0 Å². The van der Waals surface area contributed by atoms with E-state index in [1.54, 1.807) is 6.92 Å². The van der Waals surface area contributed by atoms with Gasteiger partial charge in [0.15, 0.2) is 0 Å². The van der Waals surface area contributed by atoms with Crippen LogP contribution in [0.3, 0.4) is 0 Å². The Balaban J connectivity index is 2.36. The molecule has 1 atom stereocenters. The molecule has 0 unspecified atom stereocenters. The monoisotopic (exact) mass is 321 g/mol. The number of halogens is 1. The Morgan fingerprint density at radius 1 is 1.09 bits per heavy atom. The van der Waals surface area contributed by atoms with Crippen LogP contribution in [-0.4, -0.2) is 8.42 Å². The summed E-state index contributed by atoms with van der Waals surface area (Å²) in [6.07, 6.45) is 0.629. The van der Waals surface area contributed by atoms with Crippen molar-refractivity contribution in [1.29, 1.82) is 0 Å². The van der Waals surface area contributed by atoms with E-state index in [0.717, 1.165) is 17.2 Å². The predicted molar refractivity (Wildman–Crippen MR) is 85.7 cm³/mol. The van der Waals surface area contributed by atoms with E-state index in [1.165, 1.54) is 12.1 Å². The maximum atomic E-state index is 13.2. The summed E-state index contributed by atoms with van der Waals surface area (Å²) in [5.41, 5.74) is 2.38. The average Bonchev–Trinajstić information content (AvgIpc) is 2.45. The van der Waals surface area contributed by atoms with Crippen LogP contribution in [0.2, 0.25) is 0 Å². The van der Waals surface area contributed by atoms with Gasteiger partial charge in [-0.05, 0) is 55.2 Å². The van der Waals surface area contributed by atoms with Crippen LogP contribution in [0.1, 0.15) is 36.1 Å². The first kappa shape index (κ1) is 16.6. The zero-order valence-corrected chi connectivity index (χ0v) is 13.7. The van der Waals surface area contributed by atoms with Crippen LogP contribution in [0.25, 0.3) is 0 Å². The van der Waals surface area contributed by atoms with Crippen LogP contribution in [0, 0.1) is 19.7 Å². The molecular formula is C17H20FNO2S. The molecule has 2 aromatic carbocycles. The molecule has 0 aliphatic carbocycles. The lowest BCUT2D eigenvalue weighted by Crippen LogP contribution is -2.29. The van der Waals surface area contributed by atoms with Crippen LogP contribution in [-0.2, 0) is 10.0 Å². The van der Waals surface area contributed by atoms with E-state index in [4.69, 9.17) is 0 Å². The summed E-state index contributed by atoms with van der Waals surface area (Å²) >= 11 is 0. The molecule has 2 aromatic rings. The van der Waals surface area contributed by atoms with E-state index < -0.39 is 15.8 Å². The number of hydrogen-bond acceptors (Lipinski definition) is 2. The predicted octanol–water partition coefficient (Wildman–Crippen LogP) is 3.87. The molecule has 0 radical (unpaired) electrons. The van der Waals surface area contributed by atoms with Crippen LogP contribution in [0.5, 0.6) is 0 Å². The fourth-order valence-corrected chi connectivity index (χ4v) is 4.03. The van der Waals surface area contributed by atoms with Gasteiger partial charge in [0.1, 0.15) is 5.82 Å². The highest BCUT2D eigenvalue weighted by Gasteiger charge is 2.22. The van der Waals surface area contributed by atoms with Gasteiger partial charge in [-0.1, -0.05) is 31.2 Å². The van der Waals surface area contributed by atoms with Gasteiger partial charge in [-0.25, -0.2) is 17.5 Å². The minimum Gasteiger partial charge on any atom is -0.207 e. The van der Waals surface area contributed by atoms with Gasteiger partial charge in [-0.15, -0.1) is 0 Å². The van der Waals surface area contributed by atoms with Crippen molar-refractivity contribution in [3.63, 3.8) is 0 Å². The fraction of sp³-hybridized carbons (Fsp3) is 0.294. The molecule has 22 heavy (non-hydrogen) atoms. The van der Waals surface area contributed by atoms with E-state index in [1.807, 2.05) is 38.1 Å².